The fourth-order valence-corrected chi connectivity index (χ4v) is 2.24. The summed E-state index contributed by atoms with van der Waals surface area (Å²) in [7, 11) is 0. The highest BCUT2D eigenvalue weighted by atomic mass is 32.1. The van der Waals surface area contributed by atoms with Crippen molar-refractivity contribution in [2.45, 2.75) is 4.90 Å². The van der Waals surface area contributed by atoms with Crippen LogP contribution in [0, 0.1) is 0 Å². The lowest BCUT2D eigenvalue weighted by Gasteiger charge is -1.96. The van der Waals surface area contributed by atoms with Crippen molar-refractivity contribution < 1.29 is 14.4 Å². The van der Waals surface area contributed by atoms with Gasteiger partial charge >= 0.3 is 5.97 Å². The molecule has 0 aliphatic heterocycles. The van der Waals surface area contributed by atoms with Gasteiger partial charge in [0.05, 0.1) is 5.56 Å². The number of carboxylic acids is 1. The Morgan fingerprint density at radius 1 is 1.13 bits per heavy atom. The van der Waals surface area contributed by atoms with E-state index >= 15 is 0 Å². The molecule has 3 aromatic rings. The van der Waals surface area contributed by atoms with E-state index in [1.54, 1.807) is 18.2 Å². The number of hydrogen-bond acceptors (Lipinski definition) is 5. The third-order valence-electron chi connectivity index (χ3n) is 3.15. The van der Waals surface area contributed by atoms with Gasteiger partial charge in [-0.25, -0.2) is 4.79 Å². The lowest BCUT2D eigenvalue weighted by molar-refractivity contribution is 0.0697. The number of thiol groups is 1. The lowest BCUT2D eigenvalue weighted by Crippen LogP contribution is -1.96. The minimum Gasteiger partial charge on any atom is -0.478 e. The quantitative estimate of drug-likeness (QED) is 0.712. The zero-order valence-corrected chi connectivity index (χ0v) is 12.8. The maximum Gasteiger partial charge on any atom is 0.335 e. The van der Waals surface area contributed by atoms with Crippen molar-refractivity contribution in [2.75, 3.05) is 0 Å². The summed E-state index contributed by atoms with van der Waals surface area (Å²) in [6.45, 7) is 0. The molecule has 1 aromatic heterocycles. The van der Waals surface area contributed by atoms with Crippen LogP contribution in [0.15, 0.2) is 57.9 Å². The third kappa shape index (κ3) is 3.49. The molecule has 23 heavy (non-hydrogen) atoms. The van der Waals surface area contributed by atoms with Crippen LogP contribution in [0.2, 0.25) is 0 Å². The monoisotopic (exact) mass is 324 g/mol. The van der Waals surface area contributed by atoms with Gasteiger partial charge in [0.2, 0.25) is 5.82 Å². The maximum absolute atomic E-state index is 11.0. The van der Waals surface area contributed by atoms with E-state index in [0.717, 1.165) is 10.5 Å². The molecule has 5 nitrogen and oxygen atoms in total. The van der Waals surface area contributed by atoms with Gasteiger partial charge in [0.1, 0.15) is 0 Å². The van der Waals surface area contributed by atoms with Gasteiger partial charge in [-0.2, -0.15) is 4.98 Å². The van der Waals surface area contributed by atoms with Crippen LogP contribution in [0.25, 0.3) is 23.5 Å². The molecule has 0 saturated heterocycles. The van der Waals surface area contributed by atoms with Gasteiger partial charge in [0, 0.05) is 16.5 Å². The van der Waals surface area contributed by atoms with Gasteiger partial charge in [-0.1, -0.05) is 35.5 Å². The predicted octanol–water partition coefficient (Wildman–Crippen LogP) is 3.89. The number of rotatable bonds is 4. The Hall–Kier alpha value is -2.86. The van der Waals surface area contributed by atoms with Crippen LogP contribution in [0.5, 0.6) is 0 Å². The van der Waals surface area contributed by atoms with Crippen LogP contribution in [0.3, 0.4) is 0 Å². The minimum atomic E-state index is -0.999. The second kappa shape index (κ2) is 6.50. The van der Waals surface area contributed by atoms with E-state index in [1.165, 1.54) is 12.1 Å². The summed E-state index contributed by atoms with van der Waals surface area (Å²) in [5, 5.41) is 12.9. The van der Waals surface area contributed by atoms with Crippen LogP contribution in [-0.2, 0) is 0 Å². The molecular formula is C17H12N2O3S. The Morgan fingerprint density at radius 2 is 1.96 bits per heavy atom. The number of carboxylic acid groups (broad SMARTS) is 1. The molecule has 0 aliphatic rings. The van der Waals surface area contributed by atoms with Gasteiger partial charge < -0.3 is 9.63 Å². The SMILES string of the molecule is O=C(O)c1cccc(-c2noc(/C=C/c3ccccc3S)n2)c1. The number of benzene rings is 2. The Bertz CT molecular complexity index is 887. The van der Waals surface area contributed by atoms with Gasteiger partial charge in [0.15, 0.2) is 0 Å². The number of aromatic carboxylic acids is 1. The topological polar surface area (TPSA) is 76.2 Å². The summed E-state index contributed by atoms with van der Waals surface area (Å²) in [6.07, 6.45) is 3.51. The Balaban J connectivity index is 1.85. The Labute approximate surface area is 137 Å². The van der Waals surface area contributed by atoms with Crippen LogP contribution >= 0.6 is 12.6 Å². The second-order valence-corrected chi connectivity index (χ2v) is 5.22. The fourth-order valence-electron chi connectivity index (χ4n) is 2.00. The fraction of sp³-hybridized carbons (Fsp3) is 0. The van der Waals surface area contributed by atoms with Crippen LogP contribution in [0.4, 0.5) is 0 Å². The maximum atomic E-state index is 11.0. The molecule has 0 aliphatic carbocycles. The number of aromatic nitrogens is 2. The van der Waals surface area contributed by atoms with E-state index in [9.17, 15) is 4.79 Å². The standard InChI is InChI=1S/C17H12N2O3S/c20-17(21)13-6-3-5-12(10-13)16-18-15(22-19-16)9-8-11-4-1-2-7-14(11)23/h1-10,23H,(H,20,21)/b9-8+. The first kappa shape index (κ1) is 15.1. The van der Waals surface area contributed by atoms with Crippen molar-refractivity contribution in [3.8, 4) is 11.4 Å². The van der Waals surface area contributed by atoms with E-state index in [-0.39, 0.29) is 5.56 Å². The highest BCUT2D eigenvalue weighted by molar-refractivity contribution is 7.80. The average Bonchev–Trinajstić information content (AvgIpc) is 3.03. The summed E-state index contributed by atoms with van der Waals surface area (Å²) in [5.74, 6) is -0.329. The first-order valence-corrected chi connectivity index (χ1v) is 7.22. The molecule has 2 aromatic carbocycles. The molecule has 0 saturated carbocycles. The van der Waals surface area contributed by atoms with Crippen LogP contribution in [0.1, 0.15) is 21.8 Å². The highest BCUT2D eigenvalue weighted by Gasteiger charge is 2.09. The summed E-state index contributed by atoms with van der Waals surface area (Å²) in [5.41, 5.74) is 1.69. The van der Waals surface area contributed by atoms with Crippen molar-refractivity contribution >= 4 is 30.8 Å². The molecule has 6 heteroatoms. The molecule has 0 bridgehead atoms. The molecule has 0 unspecified atom stereocenters. The number of carbonyl (C=O) groups is 1. The van der Waals surface area contributed by atoms with Crippen molar-refractivity contribution in [3.63, 3.8) is 0 Å². The minimum absolute atomic E-state index is 0.174. The van der Waals surface area contributed by atoms with Crippen LogP contribution < -0.4 is 0 Å². The van der Waals surface area contributed by atoms with Gasteiger partial charge in [0.25, 0.3) is 5.89 Å². The normalized spacial score (nSPS) is 11.0. The van der Waals surface area contributed by atoms with Crippen LogP contribution in [-0.4, -0.2) is 21.2 Å². The third-order valence-corrected chi connectivity index (χ3v) is 3.56. The molecular weight excluding hydrogens is 312 g/mol. The molecule has 0 radical (unpaired) electrons. The van der Waals surface area contributed by atoms with Crippen molar-refractivity contribution in [2.24, 2.45) is 0 Å². The molecule has 114 valence electrons. The first-order valence-electron chi connectivity index (χ1n) is 6.77. The zero-order chi connectivity index (χ0) is 16.2. The number of nitrogens with zero attached hydrogens (tertiary/aromatic N) is 2. The van der Waals surface area contributed by atoms with E-state index in [4.69, 9.17) is 9.63 Å². The zero-order valence-electron chi connectivity index (χ0n) is 11.9. The van der Waals surface area contributed by atoms with E-state index in [1.807, 2.05) is 30.3 Å². The summed E-state index contributed by atoms with van der Waals surface area (Å²) < 4.78 is 5.16. The van der Waals surface area contributed by atoms with Gasteiger partial charge in [-0.15, -0.1) is 12.6 Å². The molecule has 0 atom stereocenters. The predicted molar refractivity (Wildman–Crippen MR) is 89.3 cm³/mol. The Morgan fingerprint density at radius 3 is 2.74 bits per heavy atom. The summed E-state index contributed by atoms with van der Waals surface area (Å²) in [4.78, 5) is 16.1. The first-order chi connectivity index (χ1) is 11.1. The van der Waals surface area contributed by atoms with Gasteiger partial charge in [-0.3, -0.25) is 0 Å². The molecule has 1 heterocycles. The molecule has 1 N–H and O–H groups in total. The molecule has 3 rings (SSSR count). The van der Waals surface area contributed by atoms with Crippen molar-refractivity contribution in [1.29, 1.82) is 0 Å². The van der Waals surface area contributed by atoms with Crippen molar-refractivity contribution in [1.82, 2.24) is 10.1 Å². The van der Waals surface area contributed by atoms with E-state index < -0.39 is 5.97 Å². The van der Waals surface area contributed by atoms with Crippen molar-refractivity contribution in [3.05, 3.63) is 65.5 Å². The van der Waals surface area contributed by atoms with E-state index in [2.05, 4.69) is 22.8 Å². The van der Waals surface area contributed by atoms with E-state index in [0.29, 0.717) is 17.3 Å². The average molecular weight is 324 g/mol. The Kier molecular flexibility index (Phi) is 4.25. The summed E-state index contributed by atoms with van der Waals surface area (Å²) in [6, 6.07) is 14.0. The molecule has 0 fully saturated rings. The molecule has 0 amide bonds. The highest BCUT2D eigenvalue weighted by Crippen LogP contribution is 2.19. The van der Waals surface area contributed by atoms with Gasteiger partial charge in [-0.05, 0) is 29.8 Å². The summed E-state index contributed by atoms with van der Waals surface area (Å²) >= 11 is 4.36. The molecule has 0 spiro atoms. The number of hydrogen-bond donors (Lipinski definition) is 2. The lowest BCUT2D eigenvalue weighted by atomic mass is 10.1. The smallest absolute Gasteiger partial charge is 0.335 e. The largest absolute Gasteiger partial charge is 0.478 e. The second-order valence-electron chi connectivity index (χ2n) is 4.73.